The van der Waals surface area contributed by atoms with Crippen molar-refractivity contribution in [2.24, 2.45) is 5.73 Å². The number of carbonyl (C=O) groups excluding carboxylic acids is 2. The lowest BCUT2D eigenvalue weighted by molar-refractivity contribution is -0.129. The Labute approximate surface area is 198 Å². The number of ether oxygens (including phenoxy) is 1. The predicted molar refractivity (Wildman–Crippen MR) is 131 cm³/mol. The van der Waals surface area contributed by atoms with Gasteiger partial charge in [-0.05, 0) is 49.2 Å². The molecule has 1 saturated heterocycles. The summed E-state index contributed by atoms with van der Waals surface area (Å²) in [6, 6.07) is 17.1. The van der Waals surface area contributed by atoms with Crippen molar-refractivity contribution in [3.63, 3.8) is 0 Å². The van der Waals surface area contributed by atoms with Crippen molar-refractivity contribution in [3.05, 3.63) is 60.2 Å². The zero-order chi connectivity index (χ0) is 21.3. The Morgan fingerprint density at radius 3 is 2.45 bits per heavy atom. The van der Waals surface area contributed by atoms with Crippen LogP contribution in [0.4, 0.5) is 0 Å². The highest BCUT2D eigenvalue weighted by atomic mass is 35.5. The second-order valence-electron chi connectivity index (χ2n) is 6.90. The maximum atomic E-state index is 12.5. The molecule has 2 aromatic carbocycles. The normalized spacial score (nSPS) is 15.5. The van der Waals surface area contributed by atoms with Crippen LogP contribution in [0.2, 0.25) is 0 Å². The molecule has 6 nitrogen and oxygen atoms in total. The van der Waals surface area contributed by atoms with Gasteiger partial charge in [-0.2, -0.15) is 0 Å². The van der Waals surface area contributed by atoms with Gasteiger partial charge in [-0.25, -0.2) is 0 Å². The van der Waals surface area contributed by atoms with E-state index in [1.54, 1.807) is 4.90 Å². The van der Waals surface area contributed by atoms with E-state index in [4.69, 9.17) is 22.7 Å². The molecule has 1 heterocycles. The summed E-state index contributed by atoms with van der Waals surface area (Å²) in [6.45, 7) is 1.55. The van der Waals surface area contributed by atoms with Crippen molar-refractivity contribution in [3.8, 4) is 11.5 Å². The van der Waals surface area contributed by atoms with E-state index in [9.17, 15) is 9.59 Å². The summed E-state index contributed by atoms with van der Waals surface area (Å²) in [5.74, 6) is 1.25. The predicted octanol–water partition coefficient (Wildman–Crippen LogP) is 3.87. The Balaban J connectivity index is 0.00000341. The summed E-state index contributed by atoms with van der Waals surface area (Å²) >= 11 is 6.58. The Bertz CT molecular complexity index is 881. The first-order chi connectivity index (χ1) is 14.6. The summed E-state index contributed by atoms with van der Waals surface area (Å²) in [7, 11) is 0. The number of nitrogens with zero attached hydrogens (tertiary/aromatic N) is 1. The summed E-state index contributed by atoms with van der Waals surface area (Å²) in [6.07, 6.45) is 1.77. The Morgan fingerprint density at radius 1 is 1.10 bits per heavy atom. The van der Waals surface area contributed by atoms with Gasteiger partial charge >= 0.3 is 0 Å². The van der Waals surface area contributed by atoms with Crippen LogP contribution in [0.1, 0.15) is 24.8 Å². The molecule has 0 aliphatic carbocycles. The van der Waals surface area contributed by atoms with Crippen LogP contribution in [0.3, 0.4) is 0 Å². The van der Waals surface area contributed by atoms with Crippen LogP contribution in [-0.4, -0.2) is 39.4 Å². The number of halogens is 1. The maximum absolute atomic E-state index is 12.5. The van der Waals surface area contributed by atoms with E-state index in [-0.39, 0.29) is 30.6 Å². The van der Waals surface area contributed by atoms with E-state index >= 15 is 0 Å². The van der Waals surface area contributed by atoms with Gasteiger partial charge in [0.2, 0.25) is 11.8 Å². The third-order valence-electron chi connectivity index (χ3n) is 4.60. The van der Waals surface area contributed by atoms with Crippen molar-refractivity contribution in [1.29, 1.82) is 0 Å². The summed E-state index contributed by atoms with van der Waals surface area (Å²) in [5.41, 5.74) is 6.45. The van der Waals surface area contributed by atoms with Gasteiger partial charge < -0.3 is 15.8 Å². The van der Waals surface area contributed by atoms with Crippen LogP contribution in [0.15, 0.2) is 54.6 Å². The first kappa shape index (κ1) is 25.1. The molecule has 1 aliphatic rings. The first-order valence-corrected chi connectivity index (χ1v) is 11.2. The lowest BCUT2D eigenvalue weighted by Gasteiger charge is -2.15. The monoisotopic (exact) mass is 479 g/mol. The van der Waals surface area contributed by atoms with Crippen LogP contribution in [-0.2, 0) is 16.1 Å². The van der Waals surface area contributed by atoms with Crippen molar-refractivity contribution in [2.75, 3.05) is 13.1 Å². The fourth-order valence-corrected chi connectivity index (χ4v) is 4.53. The zero-order valence-corrected chi connectivity index (χ0v) is 19.4. The molecule has 9 heteroatoms. The molecule has 1 atom stereocenters. The SMILES string of the molecule is Cl.NCCCCN1C(=O)C(CC(=O)NCc2ccc(Oc3ccccc3)cc2)SC1=S. The third-order valence-corrected chi connectivity index (χ3v) is 6.19. The van der Waals surface area contributed by atoms with Gasteiger partial charge in [0, 0.05) is 19.5 Å². The zero-order valence-electron chi connectivity index (χ0n) is 17.0. The summed E-state index contributed by atoms with van der Waals surface area (Å²) in [5, 5.41) is 2.43. The molecule has 2 aromatic rings. The lowest BCUT2D eigenvalue weighted by atomic mass is 10.2. The van der Waals surface area contributed by atoms with Gasteiger partial charge in [-0.3, -0.25) is 14.5 Å². The van der Waals surface area contributed by atoms with Gasteiger partial charge in [0.25, 0.3) is 0 Å². The topological polar surface area (TPSA) is 84.7 Å². The van der Waals surface area contributed by atoms with E-state index in [1.165, 1.54) is 11.8 Å². The molecule has 0 saturated carbocycles. The fourth-order valence-electron chi connectivity index (χ4n) is 2.99. The standard InChI is InChI=1S/C22H25N3O3S2.ClH/c23-12-4-5-13-25-21(27)19(30-22(25)29)14-20(26)24-15-16-8-10-18(11-9-16)28-17-6-2-1-3-7-17;/h1-3,6-11,19H,4-5,12-15,23H2,(H,24,26);1H. The molecule has 1 aliphatic heterocycles. The molecule has 0 radical (unpaired) electrons. The number of nitrogens with one attached hydrogen (secondary N) is 1. The van der Waals surface area contributed by atoms with Crippen LogP contribution >= 0.6 is 36.4 Å². The van der Waals surface area contributed by atoms with Crippen molar-refractivity contribution >= 4 is 52.5 Å². The third kappa shape index (κ3) is 7.50. The number of amides is 2. The molecular formula is C22H26ClN3O3S2. The first-order valence-electron chi connectivity index (χ1n) is 9.87. The molecule has 0 aromatic heterocycles. The van der Waals surface area contributed by atoms with E-state index in [1.807, 2.05) is 54.6 Å². The molecule has 0 spiro atoms. The van der Waals surface area contributed by atoms with E-state index in [2.05, 4.69) is 5.32 Å². The van der Waals surface area contributed by atoms with E-state index in [0.29, 0.717) is 24.0 Å². The molecule has 31 heavy (non-hydrogen) atoms. The fraction of sp³-hybridized carbons (Fsp3) is 0.318. The number of hydrogen-bond donors (Lipinski definition) is 2. The number of unbranched alkanes of at least 4 members (excludes halogenated alkanes) is 1. The summed E-state index contributed by atoms with van der Waals surface area (Å²) in [4.78, 5) is 26.4. The van der Waals surface area contributed by atoms with Gasteiger partial charge in [-0.15, -0.1) is 12.4 Å². The van der Waals surface area contributed by atoms with Crippen molar-refractivity contribution in [1.82, 2.24) is 10.2 Å². The number of rotatable bonds is 10. The van der Waals surface area contributed by atoms with Gasteiger partial charge in [0.05, 0.1) is 5.25 Å². The van der Waals surface area contributed by atoms with E-state index in [0.717, 1.165) is 29.9 Å². The quantitative estimate of drug-likeness (QED) is 0.397. The maximum Gasteiger partial charge on any atom is 0.242 e. The van der Waals surface area contributed by atoms with Gasteiger partial charge in [-0.1, -0.05) is 54.3 Å². The van der Waals surface area contributed by atoms with Crippen LogP contribution in [0.25, 0.3) is 0 Å². The molecule has 1 fully saturated rings. The Kier molecular flexibility index (Phi) is 10.3. The minimum atomic E-state index is -0.447. The number of para-hydroxylation sites is 1. The van der Waals surface area contributed by atoms with Gasteiger partial charge in [0.15, 0.2) is 0 Å². The smallest absolute Gasteiger partial charge is 0.242 e. The molecule has 0 bridgehead atoms. The second kappa shape index (κ2) is 12.7. The lowest BCUT2D eigenvalue weighted by Crippen LogP contribution is -2.35. The van der Waals surface area contributed by atoms with Gasteiger partial charge in [0.1, 0.15) is 15.8 Å². The average molecular weight is 480 g/mol. The average Bonchev–Trinajstić information content (AvgIpc) is 3.01. The number of thiocarbonyl (C=S) groups is 1. The number of benzene rings is 2. The Morgan fingerprint density at radius 2 is 1.77 bits per heavy atom. The van der Waals surface area contributed by atoms with Crippen molar-refractivity contribution < 1.29 is 14.3 Å². The van der Waals surface area contributed by atoms with Crippen LogP contribution < -0.4 is 15.8 Å². The van der Waals surface area contributed by atoms with Crippen molar-refractivity contribution in [2.45, 2.75) is 31.1 Å². The molecule has 2 amide bonds. The molecule has 166 valence electrons. The Hall–Kier alpha value is -2.13. The highest BCUT2D eigenvalue weighted by molar-refractivity contribution is 8.24. The molecular weight excluding hydrogens is 454 g/mol. The van der Waals surface area contributed by atoms with Crippen LogP contribution in [0, 0.1) is 0 Å². The highest BCUT2D eigenvalue weighted by Gasteiger charge is 2.37. The number of hydrogen-bond acceptors (Lipinski definition) is 6. The summed E-state index contributed by atoms with van der Waals surface area (Å²) < 4.78 is 6.31. The van der Waals surface area contributed by atoms with E-state index < -0.39 is 5.25 Å². The molecule has 1 unspecified atom stereocenters. The minimum absolute atomic E-state index is 0. The highest BCUT2D eigenvalue weighted by Crippen LogP contribution is 2.29. The van der Waals surface area contributed by atoms with Crippen LogP contribution in [0.5, 0.6) is 11.5 Å². The second-order valence-corrected chi connectivity index (χ2v) is 8.73. The number of nitrogens with two attached hydrogens (primary N) is 1. The number of thioether (sulfide) groups is 1. The molecule has 3 rings (SSSR count). The number of carbonyl (C=O) groups is 2. The minimum Gasteiger partial charge on any atom is -0.457 e. The molecule has 3 N–H and O–H groups in total. The largest absolute Gasteiger partial charge is 0.457 e.